The second-order valence-electron chi connectivity index (χ2n) is 6.54. The minimum Gasteiger partial charge on any atom is -0.466 e. The SMILES string of the molecule is CCOC(=O)C1CCC(O)CC1.Cc1ccnc(Nc2cc(C)[nH]n2)c1. The van der Waals surface area contributed by atoms with Crippen molar-refractivity contribution in [3.8, 4) is 0 Å². The molecular formula is C19H28N4O3. The van der Waals surface area contributed by atoms with E-state index in [-0.39, 0.29) is 18.0 Å². The highest BCUT2D eigenvalue weighted by molar-refractivity contribution is 5.72. The van der Waals surface area contributed by atoms with Gasteiger partial charge in [-0.1, -0.05) is 0 Å². The van der Waals surface area contributed by atoms with Crippen molar-refractivity contribution in [1.82, 2.24) is 15.2 Å². The van der Waals surface area contributed by atoms with Crippen molar-refractivity contribution in [3.63, 3.8) is 0 Å². The maximum absolute atomic E-state index is 11.2. The molecule has 3 rings (SSSR count). The molecule has 0 spiro atoms. The van der Waals surface area contributed by atoms with E-state index in [0.717, 1.165) is 43.0 Å². The van der Waals surface area contributed by atoms with Crippen molar-refractivity contribution in [2.75, 3.05) is 11.9 Å². The van der Waals surface area contributed by atoms with Crippen LogP contribution >= 0.6 is 0 Å². The molecule has 0 bridgehead atoms. The molecule has 7 nitrogen and oxygen atoms in total. The second-order valence-corrected chi connectivity index (χ2v) is 6.54. The highest BCUT2D eigenvalue weighted by atomic mass is 16.5. The average molecular weight is 360 g/mol. The van der Waals surface area contributed by atoms with E-state index < -0.39 is 0 Å². The van der Waals surface area contributed by atoms with E-state index in [1.165, 1.54) is 5.56 Å². The Labute approximate surface area is 154 Å². The molecule has 1 aliphatic rings. The number of pyridine rings is 1. The lowest BCUT2D eigenvalue weighted by Crippen LogP contribution is -2.25. The molecule has 0 radical (unpaired) electrons. The number of nitrogens with one attached hydrogen (secondary N) is 2. The van der Waals surface area contributed by atoms with Crippen LogP contribution in [0.15, 0.2) is 24.4 Å². The first-order valence-corrected chi connectivity index (χ1v) is 9.04. The van der Waals surface area contributed by atoms with Gasteiger partial charge in [0.25, 0.3) is 0 Å². The van der Waals surface area contributed by atoms with Gasteiger partial charge in [-0.3, -0.25) is 9.89 Å². The number of anilines is 2. The van der Waals surface area contributed by atoms with E-state index in [4.69, 9.17) is 4.74 Å². The lowest BCUT2D eigenvalue weighted by Gasteiger charge is -2.23. The summed E-state index contributed by atoms with van der Waals surface area (Å²) < 4.78 is 4.90. The predicted octanol–water partition coefficient (Wildman–Crippen LogP) is 3.27. The van der Waals surface area contributed by atoms with E-state index in [1.807, 2.05) is 39.0 Å². The molecule has 1 aliphatic carbocycles. The van der Waals surface area contributed by atoms with Gasteiger partial charge in [-0.2, -0.15) is 5.10 Å². The molecule has 7 heteroatoms. The largest absolute Gasteiger partial charge is 0.466 e. The number of aliphatic hydroxyl groups excluding tert-OH is 1. The molecule has 1 saturated carbocycles. The number of H-pyrrole nitrogens is 1. The number of hydrogen-bond acceptors (Lipinski definition) is 6. The monoisotopic (exact) mass is 360 g/mol. The Morgan fingerprint density at radius 1 is 1.27 bits per heavy atom. The Hall–Kier alpha value is -2.41. The minimum atomic E-state index is -0.198. The number of aromatic nitrogens is 3. The number of rotatable bonds is 4. The summed E-state index contributed by atoms with van der Waals surface area (Å²) in [5.74, 6) is 1.55. The van der Waals surface area contributed by atoms with Crippen LogP contribution in [0.2, 0.25) is 0 Å². The van der Waals surface area contributed by atoms with Gasteiger partial charge in [0.15, 0.2) is 5.82 Å². The number of carbonyl (C=O) groups excluding carboxylic acids is 1. The highest BCUT2D eigenvalue weighted by Gasteiger charge is 2.25. The number of aliphatic hydroxyl groups is 1. The standard InChI is InChI=1S/C10H12N4.C9H16O3/c1-7-3-4-11-9(5-7)12-10-6-8(2)13-14-10;1-2-12-9(11)7-3-5-8(10)6-4-7/h3-6H,1-2H3,(H2,11,12,13,14);7-8,10H,2-6H2,1H3. The molecule has 2 aromatic rings. The molecule has 2 heterocycles. The molecular weight excluding hydrogens is 332 g/mol. The van der Waals surface area contributed by atoms with E-state index >= 15 is 0 Å². The second kappa shape index (κ2) is 9.91. The van der Waals surface area contributed by atoms with E-state index in [1.54, 1.807) is 6.20 Å². The molecule has 0 atom stereocenters. The van der Waals surface area contributed by atoms with Crippen LogP contribution in [0, 0.1) is 19.8 Å². The van der Waals surface area contributed by atoms with Gasteiger partial charge in [-0.05, 0) is 64.2 Å². The van der Waals surface area contributed by atoms with Crippen LogP contribution in [0.5, 0.6) is 0 Å². The van der Waals surface area contributed by atoms with Crippen molar-refractivity contribution in [3.05, 3.63) is 35.7 Å². The molecule has 3 N–H and O–H groups in total. The zero-order valence-electron chi connectivity index (χ0n) is 15.7. The van der Waals surface area contributed by atoms with Gasteiger partial charge in [-0.15, -0.1) is 0 Å². The van der Waals surface area contributed by atoms with E-state index in [2.05, 4.69) is 20.5 Å². The van der Waals surface area contributed by atoms with Crippen molar-refractivity contribution in [1.29, 1.82) is 0 Å². The van der Waals surface area contributed by atoms with Crippen LogP contribution in [-0.2, 0) is 9.53 Å². The molecule has 2 aromatic heterocycles. The first-order valence-electron chi connectivity index (χ1n) is 9.04. The molecule has 0 aromatic carbocycles. The normalized spacial score (nSPS) is 19.2. The smallest absolute Gasteiger partial charge is 0.308 e. The van der Waals surface area contributed by atoms with Crippen LogP contribution in [0.3, 0.4) is 0 Å². The fourth-order valence-electron chi connectivity index (χ4n) is 2.79. The third-order valence-corrected chi connectivity index (χ3v) is 4.19. The Morgan fingerprint density at radius 3 is 2.58 bits per heavy atom. The number of hydrogen-bond donors (Lipinski definition) is 3. The Balaban J connectivity index is 0.000000190. The summed E-state index contributed by atoms with van der Waals surface area (Å²) in [7, 11) is 0. The number of carbonyl (C=O) groups is 1. The summed E-state index contributed by atoms with van der Waals surface area (Å²) in [4.78, 5) is 15.4. The zero-order chi connectivity index (χ0) is 18.9. The molecule has 0 unspecified atom stereocenters. The maximum Gasteiger partial charge on any atom is 0.308 e. The molecule has 0 saturated heterocycles. The third kappa shape index (κ3) is 6.48. The van der Waals surface area contributed by atoms with Gasteiger partial charge in [0, 0.05) is 18.0 Å². The van der Waals surface area contributed by atoms with E-state index in [0.29, 0.717) is 6.61 Å². The number of ether oxygens (including phenoxy) is 1. The van der Waals surface area contributed by atoms with Crippen LogP contribution in [0.4, 0.5) is 11.6 Å². The van der Waals surface area contributed by atoms with Gasteiger partial charge in [0.1, 0.15) is 5.82 Å². The fourth-order valence-corrected chi connectivity index (χ4v) is 2.79. The van der Waals surface area contributed by atoms with Crippen molar-refractivity contribution in [2.45, 2.75) is 52.6 Å². The summed E-state index contributed by atoms with van der Waals surface area (Å²) in [5, 5.41) is 19.2. The van der Waals surface area contributed by atoms with E-state index in [9.17, 15) is 9.90 Å². The first kappa shape index (κ1) is 19.9. The summed E-state index contributed by atoms with van der Waals surface area (Å²) in [5.41, 5.74) is 2.20. The summed E-state index contributed by atoms with van der Waals surface area (Å²) >= 11 is 0. The molecule has 0 amide bonds. The molecule has 142 valence electrons. The highest BCUT2D eigenvalue weighted by Crippen LogP contribution is 2.25. The minimum absolute atomic E-state index is 0.0355. The van der Waals surface area contributed by atoms with Crippen LogP contribution in [-0.4, -0.2) is 39.0 Å². The van der Waals surface area contributed by atoms with Gasteiger partial charge >= 0.3 is 5.97 Å². The third-order valence-electron chi connectivity index (χ3n) is 4.19. The lowest BCUT2D eigenvalue weighted by molar-refractivity contribution is -0.149. The van der Waals surface area contributed by atoms with Gasteiger partial charge in [0.2, 0.25) is 0 Å². The first-order chi connectivity index (χ1) is 12.5. The molecule has 1 fully saturated rings. The molecule has 26 heavy (non-hydrogen) atoms. The topological polar surface area (TPSA) is 100 Å². The van der Waals surface area contributed by atoms with Crippen molar-refractivity contribution >= 4 is 17.6 Å². The number of aromatic amines is 1. The van der Waals surface area contributed by atoms with Crippen molar-refractivity contribution < 1.29 is 14.6 Å². The molecule has 0 aliphatic heterocycles. The Kier molecular flexibility index (Phi) is 7.59. The van der Waals surface area contributed by atoms with Gasteiger partial charge < -0.3 is 15.2 Å². The summed E-state index contributed by atoms with van der Waals surface area (Å²) in [6.45, 7) is 6.26. The van der Waals surface area contributed by atoms with Crippen LogP contribution in [0.25, 0.3) is 0 Å². The maximum atomic E-state index is 11.2. The zero-order valence-corrected chi connectivity index (χ0v) is 15.7. The van der Waals surface area contributed by atoms with Crippen LogP contribution in [0.1, 0.15) is 43.9 Å². The predicted molar refractivity (Wildman–Crippen MR) is 100 cm³/mol. The summed E-state index contributed by atoms with van der Waals surface area (Å²) in [6, 6.07) is 5.87. The Bertz CT molecular complexity index is 694. The Morgan fingerprint density at radius 2 is 2.00 bits per heavy atom. The van der Waals surface area contributed by atoms with Gasteiger partial charge in [0.05, 0.1) is 18.6 Å². The number of aryl methyl sites for hydroxylation is 2. The van der Waals surface area contributed by atoms with Crippen molar-refractivity contribution in [2.24, 2.45) is 5.92 Å². The van der Waals surface area contributed by atoms with Gasteiger partial charge in [-0.25, -0.2) is 4.98 Å². The number of esters is 1. The fraction of sp³-hybridized carbons (Fsp3) is 0.526. The summed E-state index contributed by atoms with van der Waals surface area (Å²) in [6.07, 6.45) is 4.61. The average Bonchev–Trinajstić information content (AvgIpc) is 3.01. The quantitative estimate of drug-likeness (QED) is 0.724. The van der Waals surface area contributed by atoms with Crippen LogP contribution < -0.4 is 5.32 Å². The number of nitrogens with zero attached hydrogens (tertiary/aromatic N) is 2. The lowest BCUT2D eigenvalue weighted by atomic mass is 9.88.